The van der Waals surface area contributed by atoms with E-state index < -0.39 is 6.10 Å². The van der Waals surface area contributed by atoms with Crippen molar-refractivity contribution in [3.63, 3.8) is 0 Å². The van der Waals surface area contributed by atoms with E-state index in [0.717, 1.165) is 4.88 Å². The number of ether oxygens (including phenoxy) is 2. The minimum atomic E-state index is -0.536. The largest absolute Gasteiger partial charge is 0.480 e. The maximum atomic E-state index is 8.62. The third-order valence-electron chi connectivity index (χ3n) is 1.33. The summed E-state index contributed by atoms with van der Waals surface area (Å²) in [6.45, 7) is 0. The van der Waals surface area contributed by atoms with Gasteiger partial charge in [0.15, 0.2) is 6.10 Å². The normalized spacial score (nSPS) is 12.1. The van der Waals surface area contributed by atoms with Gasteiger partial charge in [-0.3, -0.25) is 0 Å². The highest BCUT2D eigenvalue weighted by molar-refractivity contribution is 7.06. The Balaban J connectivity index is 2.81. The standard InChI is InChI=1S/C7H8N2O2S/c1-10-5(4-8)6-3-7(11-2)9-12-6/h3,5H,1-2H3. The molecule has 0 bridgehead atoms. The van der Waals surface area contributed by atoms with Crippen LogP contribution in [0.4, 0.5) is 0 Å². The van der Waals surface area contributed by atoms with Gasteiger partial charge in [-0.15, -0.1) is 0 Å². The molecule has 12 heavy (non-hydrogen) atoms. The van der Waals surface area contributed by atoms with Crippen LogP contribution in [0.5, 0.6) is 5.88 Å². The van der Waals surface area contributed by atoms with Crippen LogP contribution < -0.4 is 4.74 Å². The van der Waals surface area contributed by atoms with Gasteiger partial charge in [-0.1, -0.05) is 0 Å². The zero-order chi connectivity index (χ0) is 8.97. The van der Waals surface area contributed by atoms with E-state index in [9.17, 15) is 0 Å². The van der Waals surface area contributed by atoms with E-state index in [1.807, 2.05) is 6.07 Å². The van der Waals surface area contributed by atoms with Gasteiger partial charge in [0.05, 0.1) is 12.0 Å². The van der Waals surface area contributed by atoms with Crippen LogP contribution in [-0.4, -0.2) is 18.6 Å². The summed E-state index contributed by atoms with van der Waals surface area (Å²) in [7, 11) is 3.02. The molecule has 1 heterocycles. The summed E-state index contributed by atoms with van der Waals surface area (Å²) in [6, 6.07) is 3.69. The van der Waals surface area contributed by atoms with Crippen molar-refractivity contribution in [3.05, 3.63) is 10.9 Å². The summed E-state index contributed by atoms with van der Waals surface area (Å²) in [6.07, 6.45) is -0.536. The number of hydrogen-bond donors (Lipinski definition) is 0. The molecule has 0 N–H and O–H groups in total. The molecule has 0 aliphatic rings. The lowest BCUT2D eigenvalue weighted by Crippen LogP contribution is -1.93. The summed E-state index contributed by atoms with van der Waals surface area (Å²) in [4.78, 5) is 0.761. The minimum absolute atomic E-state index is 0.521. The van der Waals surface area contributed by atoms with Crippen LogP contribution in [-0.2, 0) is 4.74 Å². The highest BCUT2D eigenvalue weighted by Crippen LogP contribution is 2.24. The van der Waals surface area contributed by atoms with Crippen molar-refractivity contribution in [2.24, 2.45) is 0 Å². The molecule has 4 nitrogen and oxygen atoms in total. The lowest BCUT2D eigenvalue weighted by atomic mass is 10.3. The van der Waals surface area contributed by atoms with E-state index in [4.69, 9.17) is 14.7 Å². The molecule has 1 rings (SSSR count). The molecule has 0 amide bonds. The maximum absolute atomic E-state index is 8.62. The van der Waals surface area contributed by atoms with Crippen LogP contribution in [0, 0.1) is 11.3 Å². The van der Waals surface area contributed by atoms with Crippen LogP contribution in [0.2, 0.25) is 0 Å². The van der Waals surface area contributed by atoms with Gasteiger partial charge < -0.3 is 9.47 Å². The smallest absolute Gasteiger partial charge is 0.225 e. The summed E-state index contributed by atoms with van der Waals surface area (Å²) in [5.41, 5.74) is 0. The Bertz CT molecular complexity index is 292. The first kappa shape index (κ1) is 8.97. The molecule has 0 aliphatic carbocycles. The molecular weight excluding hydrogens is 176 g/mol. The Kier molecular flexibility index (Phi) is 3.02. The van der Waals surface area contributed by atoms with Crippen LogP contribution in [0.15, 0.2) is 6.07 Å². The minimum Gasteiger partial charge on any atom is -0.480 e. The second-order valence-electron chi connectivity index (χ2n) is 2.02. The van der Waals surface area contributed by atoms with Crippen molar-refractivity contribution in [2.45, 2.75) is 6.10 Å². The van der Waals surface area contributed by atoms with Gasteiger partial charge in [-0.2, -0.15) is 9.64 Å². The molecule has 1 aromatic heterocycles. The third kappa shape index (κ3) is 1.72. The fourth-order valence-corrected chi connectivity index (χ4v) is 1.45. The number of nitriles is 1. The fourth-order valence-electron chi connectivity index (χ4n) is 0.724. The van der Waals surface area contributed by atoms with Crippen LogP contribution in [0.25, 0.3) is 0 Å². The maximum Gasteiger partial charge on any atom is 0.225 e. The average Bonchev–Trinajstić information content (AvgIpc) is 2.55. The van der Waals surface area contributed by atoms with Gasteiger partial charge in [0.1, 0.15) is 6.07 Å². The molecule has 0 radical (unpaired) electrons. The lowest BCUT2D eigenvalue weighted by Gasteiger charge is -2.00. The second-order valence-corrected chi connectivity index (χ2v) is 2.85. The Morgan fingerprint density at radius 3 is 2.83 bits per heavy atom. The van der Waals surface area contributed by atoms with E-state index in [1.165, 1.54) is 25.8 Å². The highest BCUT2D eigenvalue weighted by Gasteiger charge is 2.12. The van der Waals surface area contributed by atoms with Crippen molar-refractivity contribution in [2.75, 3.05) is 14.2 Å². The number of nitrogens with zero attached hydrogens (tertiary/aromatic N) is 2. The first-order valence-electron chi connectivity index (χ1n) is 3.24. The molecule has 0 saturated carbocycles. The van der Waals surface area contributed by atoms with E-state index in [1.54, 1.807) is 6.07 Å². The van der Waals surface area contributed by atoms with Gasteiger partial charge in [-0.05, 0) is 11.5 Å². The summed E-state index contributed by atoms with van der Waals surface area (Å²) in [5.74, 6) is 0.521. The molecule has 0 spiro atoms. The zero-order valence-electron chi connectivity index (χ0n) is 6.77. The molecule has 1 aromatic rings. The van der Waals surface area contributed by atoms with Crippen LogP contribution >= 0.6 is 11.5 Å². The van der Waals surface area contributed by atoms with Gasteiger partial charge in [0, 0.05) is 13.2 Å². The number of methoxy groups -OCH3 is 2. The molecule has 0 aromatic carbocycles. The molecular formula is C7H8N2O2S. The van der Waals surface area contributed by atoms with E-state index in [0.29, 0.717) is 5.88 Å². The molecule has 64 valence electrons. The fraction of sp³-hybridized carbons (Fsp3) is 0.429. The quantitative estimate of drug-likeness (QED) is 0.711. The van der Waals surface area contributed by atoms with E-state index in [-0.39, 0.29) is 0 Å². The van der Waals surface area contributed by atoms with Crippen LogP contribution in [0.3, 0.4) is 0 Å². The van der Waals surface area contributed by atoms with Crippen molar-refractivity contribution in [3.8, 4) is 11.9 Å². The van der Waals surface area contributed by atoms with Crippen molar-refractivity contribution in [1.82, 2.24) is 4.37 Å². The molecule has 5 heteroatoms. The lowest BCUT2D eigenvalue weighted by molar-refractivity contribution is 0.151. The molecule has 1 atom stereocenters. The van der Waals surface area contributed by atoms with Gasteiger partial charge in [-0.25, -0.2) is 0 Å². The highest BCUT2D eigenvalue weighted by atomic mass is 32.1. The third-order valence-corrected chi connectivity index (χ3v) is 2.14. The summed E-state index contributed by atoms with van der Waals surface area (Å²) >= 11 is 1.21. The summed E-state index contributed by atoms with van der Waals surface area (Å²) < 4.78 is 13.7. The Morgan fingerprint density at radius 1 is 1.67 bits per heavy atom. The predicted octanol–water partition coefficient (Wildman–Crippen LogP) is 1.36. The average molecular weight is 184 g/mol. The SMILES string of the molecule is COc1cc(C(C#N)OC)sn1. The Morgan fingerprint density at radius 2 is 2.42 bits per heavy atom. The van der Waals surface area contributed by atoms with Crippen molar-refractivity contribution < 1.29 is 9.47 Å². The van der Waals surface area contributed by atoms with Gasteiger partial charge in [0.25, 0.3) is 0 Å². The Hall–Kier alpha value is -1.12. The van der Waals surface area contributed by atoms with Gasteiger partial charge in [0.2, 0.25) is 5.88 Å². The number of aromatic nitrogens is 1. The van der Waals surface area contributed by atoms with Gasteiger partial charge >= 0.3 is 0 Å². The second kappa shape index (κ2) is 4.04. The molecule has 0 aliphatic heterocycles. The van der Waals surface area contributed by atoms with Crippen molar-refractivity contribution in [1.29, 1.82) is 5.26 Å². The first-order chi connectivity index (χ1) is 5.81. The van der Waals surface area contributed by atoms with E-state index in [2.05, 4.69) is 4.37 Å². The Labute approximate surface area is 74.5 Å². The van der Waals surface area contributed by atoms with E-state index >= 15 is 0 Å². The number of rotatable bonds is 3. The first-order valence-corrected chi connectivity index (χ1v) is 4.02. The molecule has 0 fully saturated rings. The molecule has 0 saturated heterocycles. The number of hydrogen-bond acceptors (Lipinski definition) is 5. The predicted molar refractivity (Wildman–Crippen MR) is 44.0 cm³/mol. The van der Waals surface area contributed by atoms with Crippen LogP contribution in [0.1, 0.15) is 11.0 Å². The topological polar surface area (TPSA) is 55.1 Å². The summed E-state index contributed by atoms with van der Waals surface area (Å²) in [5, 5.41) is 8.62. The zero-order valence-corrected chi connectivity index (χ0v) is 7.59. The van der Waals surface area contributed by atoms with Crippen molar-refractivity contribution >= 4 is 11.5 Å². The molecule has 1 unspecified atom stereocenters. The monoisotopic (exact) mass is 184 g/mol.